The van der Waals surface area contributed by atoms with Crippen LogP contribution in [0.1, 0.15) is 51.0 Å². The molecule has 26 heavy (non-hydrogen) atoms. The smallest absolute Gasteiger partial charge is 0.411 e. The van der Waals surface area contributed by atoms with Gasteiger partial charge in [-0.2, -0.15) is 0 Å². The fraction of sp³-hybridized carbons (Fsp3) is 0.429. The Kier molecular flexibility index (Phi) is 3.80. The zero-order valence-corrected chi connectivity index (χ0v) is 15.3. The largest absolute Gasteiger partial charge is 0.444 e. The van der Waals surface area contributed by atoms with Gasteiger partial charge in [-0.15, -0.1) is 6.42 Å². The monoisotopic (exact) mass is 349 g/mol. The van der Waals surface area contributed by atoms with Gasteiger partial charge in [-0.1, -0.05) is 18.1 Å². The molecule has 1 aliphatic carbocycles. The Balaban J connectivity index is 1.56. The third-order valence-corrected chi connectivity index (χ3v) is 4.98. The summed E-state index contributed by atoms with van der Waals surface area (Å²) in [6, 6.07) is 8.01. The summed E-state index contributed by atoms with van der Waals surface area (Å²) in [5, 5.41) is 0. The van der Waals surface area contributed by atoms with E-state index in [1.54, 1.807) is 0 Å². The molecule has 134 valence electrons. The first-order valence-electron chi connectivity index (χ1n) is 8.99. The maximum absolute atomic E-state index is 12.7. The van der Waals surface area contributed by atoms with Gasteiger partial charge >= 0.3 is 6.09 Å². The van der Waals surface area contributed by atoms with Gasteiger partial charge in [0.05, 0.1) is 17.9 Å². The van der Waals surface area contributed by atoms with Crippen LogP contribution < -0.4 is 0 Å². The molecule has 2 aromatic rings. The van der Waals surface area contributed by atoms with Gasteiger partial charge in [-0.3, -0.25) is 4.90 Å². The first-order chi connectivity index (χ1) is 12.4. The van der Waals surface area contributed by atoms with Crippen molar-refractivity contribution in [2.75, 3.05) is 0 Å². The molecule has 2 heterocycles. The Morgan fingerprint density at radius 1 is 1.31 bits per heavy atom. The molecule has 2 aliphatic rings. The summed E-state index contributed by atoms with van der Waals surface area (Å²) in [6.07, 6.45) is 8.98. The highest BCUT2D eigenvalue weighted by Gasteiger charge is 2.56. The Labute approximate surface area is 153 Å². The van der Waals surface area contributed by atoms with Crippen LogP contribution in [0.15, 0.2) is 30.5 Å². The van der Waals surface area contributed by atoms with Crippen LogP contribution in [-0.2, 0) is 4.74 Å². The van der Waals surface area contributed by atoms with Crippen LogP contribution in [-0.4, -0.2) is 32.6 Å². The molecule has 2 fully saturated rings. The predicted molar refractivity (Wildman–Crippen MR) is 99.3 cm³/mol. The molecule has 1 unspecified atom stereocenters. The number of carbonyl (C=O) groups excluding carboxylic acids is 1. The van der Waals surface area contributed by atoms with E-state index in [1.165, 1.54) is 0 Å². The number of H-pyrrole nitrogens is 1. The van der Waals surface area contributed by atoms with Crippen molar-refractivity contribution >= 4 is 6.09 Å². The van der Waals surface area contributed by atoms with Gasteiger partial charge in [0, 0.05) is 11.6 Å². The first kappa shape index (κ1) is 16.7. The van der Waals surface area contributed by atoms with Crippen molar-refractivity contribution in [3.63, 3.8) is 0 Å². The topological polar surface area (TPSA) is 58.2 Å². The van der Waals surface area contributed by atoms with Crippen molar-refractivity contribution in [1.82, 2.24) is 14.9 Å². The SMILES string of the molecule is C#Cc1ccc(-c2cnc([C@@H]3C[C@H]4CC4N3C(=O)OC(C)(C)C)[nH]2)cc1. The summed E-state index contributed by atoms with van der Waals surface area (Å²) in [5.74, 6) is 4.00. The average molecular weight is 349 g/mol. The maximum atomic E-state index is 12.7. The summed E-state index contributed by atoms with van der Waals surface area (Å²) in [4.78, 5) is 22.5. The van der Waals surface area contributed by atoms with E-state index < -0.39 is 5.60 Å². The molecule has 1 saturated heterocycles. The number of hydrogen-bond acceptors (Lipinski definition) is 3. The van der Waals surface area contributed by atoms with Gasteiger partial charge in [0.1, 0.15) is 11.4 Å². The number of aromatic nitrogens is 2. The minimum absolute atomic E-state index is 0.0488. The Morgan fingerprint density at radius 3 is 2.69 bits per heavy atom. The minimum atomic E-state index is -0.498. The molecule has 0 radical (unpaired) electrons. The van der Waals surface area contributed by atoms with Gasteiger partial charge < -0.3 is 9.72 Å². The van der Waals surface area contributed by atoms with E-state index >= 15 is 0 Å². The molecule has 0 bridgehead atoms. The van der Waals surface area contributed by atoms with Crippen molar-refractivity contribution in [2.45, 2.75) is 51.3 Å². The highest BCUT2D eigenvalue weighted by Crippen LogP contribution is 2.53. The van der Waals surface area contributed by atoms with Crippen LogP contribution in [0, 0.1) is 18.3 Å². The molecular weight excluding hydrogens is 326 g/mol. The van der Waals surface area contributed by atoms with Crippen LogP contribution in [0.5, 0.6) is 0 Å². The second-order valence-corrected chi connectivity index (χ2v) is 8.11. The third kappa shape index (κ3) is 3.08. The van der Waals surface area contributed by atoms with Crippen molar-refractivity contribution in [1.29, 1.82) is 0 Å². The number of rotatable bonds is 2. The highest BCUT2D eigenvalue weighted by molar-refractivity contribution is 5.70. The lowest BCUT2D eigenvalue weighted by atomic mass is 10.1. The Morgan fingerprint density at radius 2 is 2.04 bits per heavy atom. The van der Waals surface area contributed by atoms with E-state index in [-0.39, 0.29) is 12.1 Å². The summed E-state index contributed by atoms with van der Waals surface area (Å²) < 4.78 is 5.61. The molecule has 3 atom stereocenters. The number of nitrogens with one attached hydrogen (secondary N) is 1. The molecule has 1 aliphatic heterocycles. The number of terminal acetylenes is 1. The van der Waals surface area contributed by atoms with Gasteiger partial charge in [-0.25, -0.2) is 9.78 Å². The summed E-state index contributed by atoms with van der Waals surface area (Å²) in [7, 11) is 0. The summed E-state index contributed by atoms with van der Waals surface area (Å²) in [5.41, 5.74) is 2.30. The van der Waals surface area contributed by atoms with Crippen molar-refractivity contribution < 1.29 is 9.53 Å². The fourth-order valence-corrected chi connectivity index (χ4v) is 3.68. The van der Waals surface area contributed by atoms with Crippen LogP contribution in [0.4, 0.5) is 4.79 Å². The van der Waals surface area contributed by atoms with Crippen molar-refractivity contribution in [3.8, 4) is 23.6 Å². The Hall–Kier alpha value is -2.74. The third-order valence-electron chi connectivity index (χ3n) is 4.98. The van der Waals surface area contributed by atoms with Crippen LogP contribution in [0.3, 0.4) is 0 Å². The predicted octanol–water partition coefficient (Wildman–Crippen LogP) is 4.13. The molecule has 1 aromatic heterocycles. The molecule has 1 saturated carbocycles. The number of nitrogens with zero attached hydrogens (tertiary/aromatic N) is 2. The highest BCUT2D eigenvalue weighted by atomic mass is 16.6. The molecule has 1 amide bonds. The Bertz CT molecular complexity index is 870. The number of amides is 1. The number of carbonyl (C=O) groups is 1. The molecule has 1 aromatic carbocycles. The number of benzene rings is 1. The van der Waals surface area contributed by atoms with Crippen LogP contribution in [0.25, 0.3) is 11.3 Å². The van der Waals surface area contributed by atoms with Gasteiger partial charge in [0.2, 0.25) is 0 Å². The lowest BCUT2D eigenvalue weighted by Gasteiger charge is -2.29. The second-order valence-electron chi connectivity index (χ2n) is 8.11. The lowest BCUT2D eigenvalue weighted by molar-refractivity contribution is 0.0175. The van der Waals surface area contributed by atoms with Crippen molar-refractivity contribution in [3.05, 3.63) is 41.9 Å². The van der Waals surface area contributed by atoms with E-state index in [0.29, 0.717) is 12.0 Å². The summed E-state index contributed by atoms with van der Waals surface area (Å²) >= 11 is 0. The minimum Gasteiger partial charge on any atom is -0.444 e. The van der Waals surface area contributed by atoms with Gasteiger partial charge in [0.25, 0.3) is 0 Å². The standard InChI is InChI=1S/C21H23N3O2/c1-5-13-6-8-14(9-7-13)16-12-22-19(23-16)18-11-15-10-17(15)24(18)20(25)26-21(2,3)4/h1,6-9,12,15,17-18H,10-11H2,2-4H3,(H,22,23)/t15-,17?,18+/m1/s1. The fourth-order valence-electron chi connectivity index (χ4n) is 3.68. The zero-order valence-electron chi connectivity index (χ0n) is 15.3. The molecule has 1 N–H and O–H groups in total. The van der Waals surface area contributed by atoms with Gasteiger partial charge in [0.15, 0.2) is 0 Å². The number of imidazole rings is 1. The second kappa shape index (κ2) is 5.91. The van der Waals surface area contributed by atoms with E-state index in [2.05, 4.69) is 15.9 Å². The number of fused-ring (bicyclic) bond motifs is 1. The zero-order chi connectivity index (χ0) is 18.5. The number of ether oxygens (including phenoxy) is 1. The normalized spacial score (nSPS) is 24.1. The number of hydrogen-bond donors (Lipinski definition) is 1. The van der Waals surface area contributed by atoms with Crippen LogP contribution in [0.2, 0.25) is 0 Å². The van der Waals surface area contributed by atoms with E-state index in [1.807, 2.05) is 56.1 Å². The number of piperidine rings is 1. The van der Waals surface area contributed by atoms with E-state index in [0.717, 1.165) is 35.5 Å². The van der Waals surface area contributed by atoms with Gasteiger partial charge in [-0.05, 0) is 57.2 Å². The van der Waals surface area contributed by atoms with Crippen molar-refractivity contribution in [2.24, 2.45) is 5.92 Å². The molecular formula is C21H23N3O2. The first-order valence-corrected chi connectivity index (χ1v) is 8.99. The van der Waals surface area contributed by atoms with Crippen LogP contribution >= 0.6 is 0 Å². The van der Waals surface area contributed by atoms with E-state index in [4.69, 9.17) is 11.2 Å². The molecule has 4 rings (SSSR count). The average Bonchev–Trinajstić information content (AvgIpc) is 3.04. The number of aromatic amines is 1. The van der Waals surface area contributed by atoms with E-state index in [9.17, 15) is 4.79 Å². The summed E-state index contributed by atoms with van der Waals surface area (Å²) in [6.45, 7) is 5.68. The molecule has 5 heteroatoms. The molecule has 5 nitrogen and oxygen atoms in total. The molecule has 0 spiro atoms. The quantitative estimate of drug-likeness (QED) is 0.830. The lowest BCUT2D eigenvalue weighted by Crippen LogP contribution is -2.38. The maximum Gasteiger partial charge on any atom is 0.411 e. The number of likely N-dealkylation sites (tertiary alicyclic amines) is 1.